The van der Waals surface area contributed by atoms with Crippen LogP contribution in [0.1, 0.15) is 79.6 Å². The molecule has 0 amide bonds. The first-order valence-electron chi connectivity index (χ1n) is 15.3. The van der Waals surface area contributed by atoms with Gasteiger partial charge in [0.15, 0.2) is 5.75 Å². The van der Waals surface area contributed by atoms with Gasteiger partial charge in [0.25, 0.3) is 0 Å². The van der Waals surface area contributed by atoms with E-state index in [0.717, 1.165) is 36.0 Å². The summed E-state index contributed by atoms with van der Waals surface area (Å²) in [5, 5.41) is 0. The fourth-order valence-corrected chi connectivity index (χ4v) is 8.59. The number of benzene rings is 2. The zero-order chi connectivity index (χ0) is 31.7. The predicted molar refractivity (Wildman–Crippen MR) is 169 cm³/mol. The van der Waals surface area contributed by atoms with Gasteiger partial charge >= 0.3 is 0 Å². The highest BCUT2D eigenvalue weighted by Crippen LogP contribution is 2.39. The molecule has 44 heavy (non-hydrogen) atoms. The van der Waals surface area contributed by atoms with Gasteiger partial charge in [-0.3, -0.25) is 4.98 Å². The summed E-state index contributed by atoms with van der Waals surface area (Å²) in [7, 11) is -7.63. The molecule has 2 bridgehead atoms. The Hall–Kier alpha value is -2.83. The summed E-state index contributed by atoms with van der Waals surface area (Å²) in [6.07, 6.45) is 3.89. The maximum atomic E-state index is 14.0. The maximum Gasteiger partial charge on any atom is 0.243 e. The van der Waals surface area contributed by atoms with Crippen LogP contribution >= 0.6 is 0 Å². The number of hydrogen-bond donors (Lipinski definition) is 0. The van der Waals surface area contributed by atoms with Crippen LogP contribution in [0.25, 0.3) is 0 Å². The fourth-order valence-electron chi connectivity index (χ4n) is 5.70. The number of nitrogens with zero attached hydrogens (tertiary/aromatic N) is 3. The van der Waals surface area contributed by atoms with Gasteiger partial charge in [-0.05, 0) is 63.4 Å². The molecule has 5 rings (SSSR count). The van der Waals surface area contributed by atoms with Crippen molar-refractivity contribution in [1.29, 1.82) is 0 Å². The topological polar surface area (TPSA) is 106 Å². The van der Waals surface area contributed by atoms with Crippen molar-refractivity contribution in [2.75, 3.05) is 13.1 Å². The Bertz CT molecular complexity index is 1700. The summed E-state index contributed by atoms with van der Waals surface area (Å²) in [5.74, 6) is -0.499. The molecule has 0 saturated carbocycles. The molecule has 1 aromatic heterocycles. The third-order valence-corrected chi connectivity index (χ3v) is 12.1. The van der Waals surface area contributed by atoms with Crippen LogP contribution in [-0.2, 0) is 44.5 Å². The Morgan fingerprint density at radius 2 is 1.16 bits per heavy atom. The van der Waals surface area contributed by atoms with Gasteiger partial charge in [-0.1, -0.05) is 54.7 Å². The normalized spacial score (nSPS) is 19.0. The van der Waals surface area contributed by atoms with Crippen molar-refractivity contribution in [3.8, 4) is 5.75 Å². The lowest BCUT2D eigenvalue weighted by Gasteiger charge is -2.36. The summed E-state index contributed by atoms with van der Waals surface area (Å²) in [5.41, 5.74) is 4.52. The van der Waals surface area contributed by atoms with Crippen molar-refractivity contribution in [3.63, 3.8) is 0 Å². The Labute approximate surface area is 262 Å². The first-order valence-corrected chi connectivity index (χ1v) is 18.1. The molecule has 0 fully saturated rings. The quantitative estimate of drug-likeness (QED) is 0.344. The SMILES string of the molecule is Cc1ccc(S(=O)(=O)N2CCCCCCCN(S(=O)(=O)c3ccc(C)cc3)Cc3c(C)nc(c4c3COC(C)(C)O4)C2)cc1. The monoisotopic (exact) mass is 641 g/mol. The zero-order valence-electron chi connectivity index (χ0n) is 26.3. The molecule has 238 valence electrons. The van der Waals surface area contributed by atoms with Crippen molar-refractivity contribution in [2.45, 2.75) is 102 Å². The third kappa shape index (κ3) is 7.02. The zero-order valence-corrected chi connectivity index (χ0v) is 27.9. The van der Waals surface area contributed by atoms with Gasteiger partial charge in [0, 0.05) is 44.7 Å². The molecule has 11 heteroatoms. The minimum atomic E-state index is -3.82. The number of sulfonamides is 2. The number of hydrogen-bond acceptors (Lipinski definition) is 7. The molecule has 0 N–H and O–H groups in total. The molecule has 2 aromatic carbocycles. The van der Waals surface area contributed by atoms with Gasteiger partial charge in [-0.25, -0.2) is 16.8 Å². The summed E-state index contributed by atoms with van der Waals surface area (Å²) in [4.78, 5) is 5.40. The van der Waals surface area contributed by atoms with Crippen LogP contribution in [0, 0.1) is 20.8 Å². The summed E-state index contributed by atoms with van der Waals surface area (Å²) < 4.78 is 71.3. The van der Waals surface area contributed by atoms with E-state index in [1.54, 1.807) is 50.2 Å². The first-order chi connectivity index (χ1) is 20.8. The molecule has 3 heterocycles. The second-order valence-electron chi connectivity index (χ2n) is 12.3. The molecule has 0 aliphatic carbocycles. The summed E-state index contributed by atoms with van der Waals surface area (Å²) >= 11 is 0. The average molecular weight is 642 g/mol. The van der Waals surface area contributed by atoms with E-state index in [4.69, 9.17) is 14.5 Å². The Morgan fingerprint density at radius 1 is 0.682 bits per heavy atom. The van der Waals surface area contributed by atoms with E-state index >= 15 is 0 Å². The van der Waals surface area contributed by atoms with Crippen LogP contribution in [0.2, 0.25) is 0 Å². The van der Waals surface area contributed by atoms with Crippen molar-refractivity contribution in [3.05, 3.63) is 82.2 Å². The van der Waals surface area contributed by atoms with Crippen LogP contribution in [0.15, 0.2) is 58.3 Å². The highest BCUT2D eigenvalue weighted by atomic mass is 32.2. The number of rotatable bonds is 4. The minimum Gasteiger partial charge on any atom is -0.461 e. The molecule has 3 aromatic rings. The molecule has 2 aliphatic rings. The van der Waals surface area contributed by atoms with Crippen LogP contribution in [-0.4, -0.2) is 49.3 Å². The molecule has 0 saturated heterocycles. The van der Waals surface area contributed by atoms with E-state index in [-0.39, 0.29) is 29.5 Å². The van der Waals surface area contributed by atoms with Gasteiger partial charge in [0.1, 0.15) is 0 Å². The number of pyridine rings is 1. The van der Waals surface area contributed by atoms with Gasteiger partial charge in [-0.15, -0.1) is 0 Å². The van der Waals surface area contributed by atoms with Crippen molar-refractivity contribution in [1.82, 2.24) is 13.6 Å². The van der Waals surface area contributed by atoms with E-state index in [1.165, 1.54) is 8.61 Å². The lowest BCUT2D eigenvalue weighted by Crippen LogP contribution is -2.39. The van der Waals surface area contributed by atoms with Gasteiger partial charge in [-0.2, -0.15) is 8.61 Å². The van der Waals surface area contributed by atoms with E-state index in [0.29, 0.717) is 48.6 Å². The molecule has 0 radical (unpaired) electrons. The number of aryl methyl sites for hydroxylation is 3. The van der Waals surface area contributed by atoms with Crippen molar-refractivity contribution in [2.24, 2.45) is 0 Å². The van der Waals surface area contributed by atoms with E-state index in [9.17, 15) is 16.8 Å². The smallest absolute Gasteiger partial charge is 0.243 e. The molecule has 2 aliphatic heterocycles. The molecular weight excluding hydrogens is 599 g/mol. The molecule has 0 spiro atoms. The van der Waals surface area contributed by atoms with Crippen LogP contribution < -0.4 is 4.74 Å². The Kier molecular flexibility index (Phi) is 9.53. The average Bonchev–Trinajstić information content (AvgIpc) is 2.97. The van der Waals surface area contributed by atoms with Crippen molar-refractivity contribution >= 4 is 20.0 Å². The van der Waals surface area contributed by atoms with Gasteiger partial charge in [0.2, 0.25) is 25.8 Å². The number of ether oxygens (including phenoxy) is 2. The second-order valence-corrected chi connectivity index (χ2v) is 16.2. The molecule has 9 nitrogen and oxygen atoms in total. The van der Waals surface area contributed by atoms with Crippen molar-refractivity contribution < 1.29 is 26.3 Å². The van der Waals surface area contributed by atoms with Gasteiger partial charge < -0.3 is 9.47 Å². The first kappa shape index (κ1) is 32.6. The van der Waals surface area contributed by atoms with Gasteiger partial charge in [0.05, 0.1) is 28.6 Å². The predicted octanol–water partition coefficient (Wildman–Crippen LogP) is 6.00. The molecular formula is C33H43N3O6S2. The van der Waals surface area contributed by atoms with E-state index < -0.39 is 25.8 Å². The number of aromatic nitrogens is 1. The minimum absolute atomic E-state index is 0.0289. The highest BCUT2D eigenvalue weighted by Gasteiger charge is 2.36. The second kappa shape index (κ2) is 12.9. The third-order valence-electron chi connectivity index (χ3n) is 8.34. The fraction of sp³-hybridized carbons (Fsp3) is 0.485. The lowest BCUT2D eigenvalue weighted by atomic mass is 10.0. The van der Waals surface area contributed by atoms with E-state index in [2.05, 4.69) is 0 Å². The Balaban J connectivity index is 1.61. The lowest BCUT2D eigenvalue weighted by molar-refractivity contribution is -0.181. The van der Waals surface area contributed by atoms with Crippen LogP contribution in [0.4, 0.5) is 0 Å². The molecule has 0 unspecified atom stereocenters. The van der Waals surface area contributed by atoms with E-state index in [1.807, 2.05) is 32.9 Å². The number of fused-ring (bicyclic) bond motifs is 6. The van der Waals surface area contributed by atoms with Crippen LogP contribution in [0.3, 0.4) is 0 Å². The maximum absolute atomic E-state index is 14.0. The molecule has 0 atom stereocenters. The summed E-state index contributed by atoms with van der Waals surface area (Å²) in [6, 6.07) is 13.8. The standard InChI is InChI=1S/C33H43N3O6S2/c1-24-11-15-27(16-12-24)43(37,38)35-19-9-7-6-8-10-20-36(44(39,40)28-17-13-25(2)14-18-28)22-31-32-30(23-41-33(4,5)42-32)29(21-35)26(3)34-31/h11-18H,6-10,19-23H2,1-5H3. The Morgan fingerprint density at radius 3 is 1.68 bits per heavy atom. The largest absolute Gasteiger partial charge is 0.461 e. The summed E-state index contributed by atoms with van der Waals surface area (Å²) in [6.45, 7) is 10.3. The highest BCUT2D eigenvalue weighted by molar-refractivity contribution is 7.89. The van der Waals surface area contributed by atoms with Crippen LogP contribution in [0.5, 0.6) is 5.75 Å².